The van der Waals surface area contributed by atoms with Crippen LogP contribution in [0.15, 0.2) is 58.5 Å². The molecule has 0 heterocycles. The van der Waals surface area contributed by atoms with Crippen LogP contribution in [0.5, 0.6) is 0 Å². The van der Waals surface area contributed by atoms with Crippen molar-refractivity contribution in [3.8, 4) is 0 Å². The molecule has 0 aliphatic heterocycles. The molecule has 5 nitrogen and oxygen atoms in total. The Kier molecular flexibility index (Phi) is 12.6. The molecule has 1 aromatic rings. The zero-order valence-corrected chi connectivity index (χ0v) is 15.7. The van der Waals surface area contributed by atoms with E-state index in [9.17, 15) is 8.42 Å². The van der Waals surface area contributed by atoms with Crippen LogP contribution in [0, 0.1) is 6.92 Å². The molecule has 0 fully saturated rings. The largest absolute Gasteiger partial charge is 0.369 e. The van der Waals surface area contributed by atoms with Gasteiger partial charge in [0.25, 0.3) is 10.0 Å². The molecule has 1 aromatic carbocycles. The molecular weight excluding hydrogens is 310 g/mol. The van der Waals surface area contributed by atoms with Crippen LogP contribution in [0.1, 0.15) is 33.3 Å². The van der Waals surface area contributed by atoms with E-state index in [1.807, 2.05) is 40.7 Å². The van der Waals surface area contributed by atoms with Gasteiger partial charge in [-0.05, 0) is 32.9 Å². The SMILES string of the molecule is C=CC=C(C)C.CC.CN=C(N)NS(=O)(=O)c1ccc(C)cc1. The highest BCUT2D eigenvalue weighted by atomic mass is 32.2. The summed E-state index contributed by atoms with van der Waals surface area (Å²) >= 11 is 0. The molecule has 0 atom stereocenters. The van der Waals surface area contributed by atoms with Crippen LogP contribution < -0.4 is 10.5 Å². The van der Waals surface area contributed by atoms with E-state index in [1.165, 1.54) is 24.8 Å². The Morgan fingerprint density at radius 2 is 1.70 bits per heavy atom. The first-order chi connectivity index (χ1) is 10.7. The van der Waals surface area contributed by atoms with Gasteiger partial charge >= 0.3 is 0 Å². The molecule has 0 aromatic heterocycles. The second-order valence-corrected chi connectivity index (χ2v) is 6.19. The smallest absolute Gasteiger partial charge is 0.264 e. The molecule has 0 spiro atoms. The minimum absolute atomic E-state index is 0.129. The van der Waals surface area contributed by atoms with Crippen molar-refractivity contribution in [2.24, 2.45) is 10.7 Å². The molecule has 0 saturated heterocycles. The molecule has 6 heteroatoms. The second-order valence-electron chi connectivity index (χ2n) is 4.51. The van der Waals surface area contributed by atoms with Crippen LogP contribution >= 0.6 is 0 Å². The lowest BCUT2D eigenvalue weighted by molar-refractivity contribution is 0.592. The van der Waals surface area contributed by atoms with E-state index in [4.69, 9.17) is 5.73 Å². The average Bonchev–Trinajstić information content (AvgIpc) is 2.49. The first kappa shape index (κ1) is 23.2. The van der Waals surface area contributed by atoms with E-state index in [2.05, 4.69) is 16.3 Å². The quantitative estimate of drug-likeness (QED) is 0.503. The maximum Gasteiger partial charge on any atom is 0.264 e. The van der Waals surface area contributed by atoms with Crippen LogP contribution in [-0.4, -0.2) is 21.4 Å². The number of aliphatic imine (C=N–C) groups is 1. The van der Waals surface area contributed by atoms with Crippen LogP contribution in [-0.2, 0) is 10.0 Å². The molecule has 0 bridgehead atoms. The number of nitrogens with one attached hydrogen (secondary N) is 1. The molecule has 0 saturated carbocycles. The van der Waals surface area contributed by atoms with Gasteiger partial charge in [0.1, 0.15) is 0 Å². The van der Waals surface area contributed by atoms with E-state index < -0.39 is 10.0 Å². The van der Waals surface area contributed by atoms with Gasteiger partial charge in [-0.25, -0.2) is 13.1 Å². The number of aryl methyl sites for hydroxylation is 1. The average molecular weight is 340 g/mol. The maximum atomic E-state index is 11.6. The summed E-state index contributed by atoms with van der Waals surface area (Å²) < 4.78 is 25.4. The summed E-state index contributed by atoms with van der Waals surface area (Å²) in [5, 5.41) is 0. The van der Waals surface area contributed by atoms with Gasteiger partial charge in [-0.15, -0.1) is 0 Å². The number of rotatable bonds is 3. The third-order valence-electron chi connectivity index (χ3n) is 2.26. The third-order valence-corrected chi connectivity index (χ3v) is 3.63. The van der Waals surface area contributed by atoms with Gasteiger partial charge in [-0.2, -0.15) is 0 Å². The number of guanidine groups is 1. The van der Waals surface area contributed by atoms with Crippen LogP contribution in [0.2, 0.25) is 0 Å². The van der Waals surface area contributed by atoms with E-state index >= 15 is 0 Å². The van der Waals surface area contributed by atoms with Gasteiger partial charge in [0, 0.05) is 7.05 Å². The molecule has 130 valence electrons. The number of nitrogens with two attached hydrogens (primary N) is 1. The molecule has 1 rings (SSSR count). The van der Waals surface area contributed by atoms with Crippen molar-refractivity contribution in [2.45, 2.75) is 39.5 Å². The number of allylic oxidation sites excluding steroid dienone is 3. The topological polar surface area (TPSA) is 84.5 Å². The minimum atomic E-state index is -3.59. The van der Waals surface area contributed by atoms with Crippen molar-refractivity contribution < 1.29 is 8.42 Å². The summed E-state index contributed by atoms with van der Waals surface area (Å²) in [5.74, 6) is -0.129. The van der Waals surface area contributed by atoms with Gasteiger partial charge in [0.2, 0.25) is 5.96 Å². The Bertz CT molecular complexity index is 612. The highest BCUT2D eigenvalue weighted by Crippen LogP contribution is 2.09. The fraction of sp³-hybridized carbons (Fsp3) is 0.353. The molecule has 0 radical (unpaired) electrons. The van der Waals surface area contributed by atoms with Crippen molar-refractivity contribution in [3.63, 3.8) is 0 Å². The predicted octanol–water partition coefficient (Wildman–Crippen LogP) is 3.38. The van der Waals surface area contributed by atoms with Crippen molar-refractivity contribution >= 4 is 16.0 Å². The van der Waals surface area contributed by atoms with E-state index in [1.54, 1.807) is 18.2 Å². The molecule has 0 aliphatic rings. The first-order valence-corrected chi connectivity index (χ1v) is 8.79. The maximum absolute atomic E-state index is 11.6. The molecule has 3 N–H and O–H groups in total. The van der Waals surface area contributed by atoms with Gasteiger partial charge in [-0.3, -0.25) is 4.99 Å². The fourth-order valence-electron chi connectivity index (χ4n) is 1.20. The Balaban J connectivity index is 0. The van der Waals surface area contributed by atoms with Gasteiger partial charge in [-0.1, -0.05) is 55.8 Å². The van der Waals surface area contributed by atoms with Crippen molar-refractivity contribution in [2.75, 3.05) is 7.05 Å². The predicted molar refractivity (Wildman–Crippen MR) is 100 cm³/mol. The minimum Gasteiger partial charge on any atom is -0.369 e. The van der Waals surface area contributed by atoms with Gasteiger partial charge < -0.3 is 5.73 Å². The first-order valence-electron chi connectivity index (χ1n) is 7.30. The van der Waals surface area contributed by atoms with Crippen molar-refractivity contribution in [1.29, 1.82) is 0 Å². The normalized spacial score (nSPS) is 10.3. The lowest BCUT2D eigenvalue weighted by Gasteiger charge is -2.06. The molecule has 0 aliphatic carbocycles. The highest BCUT2D eigenvalue weighted by Gasteiger charge is 2.13. The molecule has 0 amide bonds. The number of benzene rings is 1. The molecule has 0 unspecified atom stereocenters. The van der Waals surface area contributed by atoms with E-state index in [0.29, 0.717) is 0 Å². The standard InChI is InChI=1S/C9H13N3O2S.C6H10.C2H6/c1-7-3-5-8(6-4-7)15(13,14)12-9(10)11-2;1-4-5-6(2)3;1-2/h3-6H,1-2H3,(H3,10,11,12);4-5H,1H2,2-3H3;1-2H3. The molecule has 23 heavy (non-hydrogen) atoms. The Labute approximate surface area is 141 Å². The zero-order valence-electron chi connectivity index (χ0n) is 14.9. The van der Waals surface area contributed by atoms with Crippen molar-refractivity contribution in [1.82, 2.24) is 4.72 Å². The van der Waals surface area contributed by atoms with Crippen LogP contribution in [0.25, 0.3) is 0 Å². The third kappa shape index (κ3) is 11.2. The number of nitrogens with zero attached hydrogens (tertiary/aromatic N) is 1. The number of hydrogen-bond donors (Lipinski definition) is 2. The summed E-state index contributed by atoms with van der Waals surface area (Å²) in [4.78, 5) is 3.69. The number of sulfonamides is 1. The summed E-state index contributed by atoms with van der Waals surface area (Å²) in [6.45, 7) is 13.5. The Morgan fingerprint density at radius 3 is 2.00 bits per heavy atom. The lowest BCUT2D eigenvalue weighted by atomic mass is 10.2. The van der Waals surface area contributed by atoms with E-state index in [0.717, 1.165) is 5.56 Å². The summed E-state index contributed by atoms with van der Waals surface area (Å²) in [6.07, 6.45) is 3.76. The fourth-order valence-corrected chi connectivity index (χ4v) is 2.17. The van der Waals surface area contributed by atoms with Gasteiger partial charge in [0.05, 0.1) is 4.90 Å². The summed E-state index contributed by atoms with van der Waals surface area (Å²) in [6, 6.07) is 6.46. The van der Waals surface area contributed by atoms with Crippen LogP contribution in [0.4, 0.5) is 0 Å². The second kappa shape index (κ2) is 12.5. The Hall–Kier alpha value is -2.08. The van der Waals surface area contributed by atoms with Crippen molar-refractivity contribution in [3.05, 3.63) is 54.1 Å². The Morgan fingerprint density at radius 1 is 1.22 bits per heavy atom. The van der Waals surface area contributed by atoms with Gasteiger partial charge in [0.15, 0.2) is 0 Å². The zero-order chi connectivity index (χ0) is 18.5. The summed E-state index contributed by atoms with van der Waals surface area (Å²) in [7, 11) is -2.18. The molecular formula is C17H29N3O2S. The lowest BCUT2D eigenvalue weighted by Crippen LogP contribution is -2.36. The monoisotopic (exact) mass is 339 g/mol. The number of hydrogen-bond acceptors (Lipinski definition) is 3. The van der Waals surface area contributed by atoms with Crippen LogP contribution in [0.3, 0.4) is 0 Å². The highest BCUT2D eigenvalue weighted by molar-refractivity contribution is 7.90. The summed E-state index contributed by atoms with van der Waals surface area (Å²) in [5.41, 5.74) is 7.57. The van der Waals surface area contributed by atoms with E-state index in [-0.39, 0.29) is 10.9 Å².